The van der Waals surface area contributed by atoms with Crippen molar-refractivity contribution >= 4 is 29.3 Å². The fraction of sp³-hybridized carbons (Fsp3) is 0.550. The molecule has 0 aromatic heterocycles. The molecule has 1 N–H and O–H groups in total. The Morgan fingerprint density at radius 2 is 1.89 bits per heavy atom. The molecule has 6 nitrogen and oxygen atoms in total. The smallest absolute Gasteiger partial charge is 0.240 e. The van der Waals surface area contributed by atoms with Crippen LogP contribution in [0, 0.1) is 5.92 Å². The van der Waals surface area contributed by atoms with Crippen LogP contribution in [-0.4, -0.2) is 58.6 Å². The van der Waals surface area contributed by atoms with Gasteiger partial charge in [0, 0.05) is 38.6 Å². The summed E-state index contributed by atoms with van der Waals surface area (Å²) in [6.07, 6.45) is 1.70. The maximum absolute atomic E-state index is 12.6. The number of amides is 3. The zero-order valence-corrected chi connectivity index (χ0v) is 16.3. The molecule has 146 valence electrons. The highest BCUT2D eigenvalue weighted by molar-refractivity contribution is 6.30. The largest absolute Gasteiger partial charge is 0.353 e. The molecule has 0 aliphatic carbocycles. The van der Waals surface area contributed by atoms with Gasteiger partial charge in [-0.05, 0) is 25.3 Å². The third kappa shape index (κ3) is 5.01. The molecule has 2 heterocycles. The molecule has 2 saturated heterocycles. The lowest BCUT2D eigenvalue weighted by atomic mass is 10.0. The molecule has 0 radical (unpaired) electrons. The average molecular weight is 392 g/mol. The van der Waals surface area contributed by atoms with Crippen molar-refractivity contribution in [3.05, 3.63) is 35.9 Å². The van der Waals surface area contributed by atoms with E-state index < -0.39 is 5.38 Å². The molecule has 2 aliphatic heterocycles. The molecule has 3 rings (SSSR count). The van der Waals surface area contributed by atoms with Gasteiger partial charge in [-0.2, -0.15) is 0 Å². The molecular formula is C20H26ClN3O3. The number of likely N-dealkylation sites (tertiary alicyclic amines) is 2. The Balaban J connectivity index is 1.47. The average Bonchev–Trinajstić information content (AvgIpc) is 3.03. The van der Waals surface area contributed by atoms with E-state index in [0.29, 0.717) is 26.2 Å². The molecule has 27 heavy (non-hydrogen) atoms. The number of rotatable bonds is 5. The van der Waals surface area contributed by atoms with Crippen LogP contribution in [-0.2, 0) is 20.9 Å². The van der Waals surface area contributed by atoms with Crippen molar-refractivity contribution in [1.82, 2.24) is 15.1 Å². The van der Waals surface area contributed by atoms with Crippen LogP contribution >= 0.6 is 11.6 Å². The van der Waals surface area contributed by atoms with E-state index in [4.69, 9.17) is 11.6 Å². The molecule has 0 spiro atoms. The number of hydrogen-bond donors (Lipinski definition) is 1. The maximum Gasteiger partial charge on any atom is 0.240 e. The van der Waals surface area contributed by atoms with E-state index in [9.17, 15) is 14.4 Å². The van der Waals surface area contributed by atoms with Crippen LogP contribution < -0.4 is 5.32 Å². The molecular weight excluding hydrogens is 366 g/mol. The quantitative estimate of drug-likeness (QED) is 0.778. The van der Waals surface area contributed by atoms with Gasteiger partial charge in [0.05, 0.1) is 5.92 Å². The monoisotopic (exact) mass is 391 g/mol. The molecule has 7 heteroatoms. The standard InChI is InChI=1S/C20H26ClN3O3/c1-14(21)20(27)23-9-7-17(8-10-23)22-19(26)16-11-18(25)24(13-16)12-15-5-3-2-4-6-15/h2-6,14,16-17H,7-13H2,1H3,(H,22,26). The van der Waals surface area contributed by atoms with Gasteiger partial charge in [0.15, 0.2) is 0 Å². The Kier molecular flexibility index (Phi) is 6.37. The summed E-state index contributed by atoms with van der Waals surface area (Å²) in [6.45, 7) is 3.88. The molecule has 3 amide bonds. The van der Waals surface area contributed by atoms with Gasteiger partial charge in [-0.15, -0.1) is 11.6 Å². The van der Waals surface area contributed by atoms with E-state index in [-0.39, 0.29) is 36.1 Å². The Labute approximate surface area is 164 Å². The zero-order valence-electron chi connectivity index (χ0n) is 15.6. The molecule has 0 saturated carbocycles. The number of halogens is 1. The molecule has 1 aromatic rings. The molecule has 2 unspecified atom stereocenters. The second kappa shape index (κ2) is 8.74. The maximum atomic E-state index is 12.6. The summed E-state index contributed by atoms with van der Waals surface area (Å²) in [6, 6.07) is 9.85. The summed E-state index contributed by atoms with van der Waals surface area (Å²) in [5.74, 6) is -0.395. The molecule has 1 aromatic carbocycles. The summed E-state index contributed by atoms with van der Waals surface area (Å²) >= 11 is 5.86. The second-order valence-electron chi connectivity index (χ2n) is 7.39. The van der Waals surface area contributed by atoms with Crippen LogP contribution in [0.5, 0.6) is 0 Å². The SMILES string of the molecule is CC(Cl)C(=O)N1CCC(NC(=O)C2CC(=O)N(Cc3ccccc3)C2)CC1. The van der Waals surface area contributed by atoms with Crippen LogP contribution in [0.1, 0.15) is 31.7 Å². The third-order valence-electron chi connectivity index (χ3n) is 5.29. The van der Waals surface area contributed by atoms with Gasteiger partial charge in [0.2, 0.25) is 17.7 Å². The number of carbonyl (C=O) groups excluding carboxylic acids is 3. The Morgan fingerprint density at radius 3 is 2.52 bits per heavy atom. The lowest BCUT2D eigenvalue weighted by molar-refractivity contribution is -0.132. The third-order valence-corrected chi connectivity index (χ3v) is 5.48. The van der Waals surface area contributed by atoms with Crippen LogP contribution in [0.2, 0.25) is 0 Å². The van der Waals surface area contributed by atoms with Crippen molar-refractivity contribution in [1.29, 1.82) is 0 Å². The van der Waals surface area contributed by atoms with E-state index in [2.05, 4.69) is 5.32 Å². The Morgan fingerprint density at radius 1 is 1.22 bits per heavy atom. The fourth-order valence-electron chi connectivity index (χ4n) is 3.72. The fourth-order valence-corrected chi connectivity index (χ4v) is 3.86. The Hall–Kier alpha value is -2.08. The van der Waals surface area contributed by atoms with Gasteiger partial charge in [-0.1, -0.05) is 30.3 Å². The summed E-state index contributed by atoms with van der Waals surface area (Å²) < 4.78 is 0. The summed E-state index contributed by atoms with van der Waals surface area (Å²) in [5.41, 5.74) is 1.07. The predicted molar refractivity (Wildman–Crippen MR) is 103 cm³/mol. The summed E-state index contributed by atoms with van der Waals surface area (Å²) in [5, 5.41) is 2.55. The first-order valence-corrected chi connectivity index (χ1v) is 9.92. The van der Waals surface area contributed by atoms with Gasteiger partial charge in [0.1, 0.15) is 5.38 Å². The van der Waals surface area contributed by atoms with Crippen LogP contribution in [0.4, 0.5) is 0 Å². The van der Waals surface area contributed by atoms with Crippen molar-refractivity contribution in [2.75, 3.05) is 19.6 Å². The zero-order chi connectivity index (χ0) is 19.4. The number of carbonyl (C=O) groups is 3. The van der Waals surface area contributed by atoms with Gasteiger partial charge >= 0.3 is 0 Å². The van der Waals surface area contributed by atoms with Crippen molar-refractivity contribution < 1.29 is 14.4 Å². The number of nitrogens with one attached hydrogen (secondary N) is 1. The summed E-state index contributed by atoms with van der Waals surface area (Å²) in [4.78, 5) is 40.3. The van der Waals surface area contributed by atoms with Crippen molar-refractivity contribution in [3.63, 3.8) is 0 Å². The van der Waals surface area contributed by atoms with Crippen LogP contribution in [0.25, 0.3) is 0 Å². The predicted octanol–water partition coefficient (Wildman–Crippen LogP) is 1.77. The highest BCUT2D eigenvalue weighted by Gasteiger charge is 2.35. The first-order chi connectivity index (χ1) is 12.9. The minimum absolute atomic E-state index is 0.0236. The topological polar surface area (TPSA) is 69.7 Å². The first-order valence-electron chi connectivity index (χ1n) is 9.49. The van der Waals surface area contributed by atoms with E-state index >= 15 is 0 Å². The normalized spacial score (nSPS) is 22.0. The highest BCUT2D eigenvalue weighted by atomic mass is 35.5. The van der Waals surface area contributed by atoms with E-state index in [1.165, 1.54) is 0 Å². The first kappa shape index (κ1) is 19.7. The lowest BCUT2D eigenvalue weighted by Gasteiger charge is -2.33. The number of benzene rings is 1. The van der Waals surface area contributed by atoms with E-state index in [1.54, 1.807) is 16.7 Å². The van der Waals surface area contributed by atoms with Crippen molar-refractivity contribution in [2.45, 2.75) is 44.1 Å². The second-order valence-corrected chi connectivity index (χ2v) is 8.04. The van der Waals surface area contributed by atoms with Gasteiger partial charge < -0.3 is 15.1 Å². The molecule has 2 aliphatic rings. The number of nitrogens with zero attached hydrogens (tertiary/aromatic N) is 2. The number of alkyl halides is 1. The highest BCUT2D eigenvalue weighted by Crippen LogP contribution is 2.21. The lowest BCUT2D eigenvalue weighted by Crippen LogP contribution is -2.49. The van der Waals surface area contributed by atoms with Crippen molar-refractivity contribution in [2.24, 2.45) is 5.92 Å². The number of hydrogen-bond acceptors (Lipinski definition) is 3. The Bertz CT molecular complexity index is 687. The van der Waals surface area contributed by atoms with E-state index in [0.717, 1.165) is 18.4 Å². The molecule has 2 atom stereocenters. The minimum Gasteiger partial charge on any atom is -0.353 e. The van der Waals surface area contributed by atoms with Gasteiger partial charge in [-0.3, -0.25) is 14.4 Å². The molecule has 0 bridgehead atoms. The van der Waals surface area contributed by atoms with E-state index in [1.807, 2.05) is 30.3 Å². The minimum atomic E-state index is -0.517. The van der Waals surface area contributed by atoms with Gasteiger partial charge in [0.25, 0.3) is 0 Å². The van der Waals surface area contributed by atoms with Crippen LogP contribution in [0.3, 0.4) is 0 Å². The molecule has 2 fully saturated rings. The summed E-state index contributed by atoms with van der Waals surface area (Å²) in [7, 11) is 0. The van der Waals surface area contributed by atoms with Crippen molar-refractivity contribution in [3.8, 4) is 0 Å². The number of piperidine rings is 1. The van der Waals surface area contributed by atoms with Crippen LogP contribution in [0.15, 0.2) is 30.3 Å². The van der Waals surface area contributed by atoms with Gasteiger partial charge in [-0.25, -0.2) is 0 Å².